The van der Waals surface area contributed by atoms with Crippen molar-refractivity contribution in [1.29, 1.82) is 0 Å². The number of hydrogen-bond acceptors (Lipinski definition) is 7. The van der Waals surface area contributed by atoms with Gasteiger partial charge in [0, 0.05) is 27.3 Å². The highest BCUT2D eigenvalue weighted by atomic mass is 16.6. The minimum Gasteiger partial charge on any atom is -0.493 e. The second kappa shape index (κ2) is 11.7. The molecule has 0 unspecified atom stereocenters. The number of carbonyl (C=O) groups excluding carboxylic acids is 1. The summed E-state index contributed by atoms with van der Waals surface area (Å²) in [6.07, 6.45) is 0. The fourth-order valence-corrected chi connectivity index (χ4v) is 2.73. The summed E-state index contributed by atoms with van der Waals surface area (Å²) < 4.78 is 26.7. The van der Waals surface area contributed by atoms with E-state index in [1.807, 2.05) is 18.7 Å². The van der Waals surface area contributed by atoms with E-state index in [1.165, 1.54) is 14.2 Å². The first-order valence-electron chi connectivity index (χ1n) is 8.64. The van der Waals surface area contributed by atoms with E-state index < -0.39 is 6.04 Å². The van der Waals surface area contributed by atoms with Crippen molar-refractivity contribution in [3.05, 3.63) is 18.2 Å². The molecular weight excluding hydrogens is 338 g/mol. The van der Waals surface area contributed by atoms with E-state index in [1.54, 1.807) is 32.4 Å². The van der Waals surface area contributed by atoms with Gasteiger partial charge >= 0.3 is 5.97 Å². The molecule has 0 N–H and O–H groups in total. The summed E-state index contributed by atoms with van der Waals surface area (Å²) in [6.45, 7) is 6.19. The molecule has 148 valence electrons. The maximum absolute atomic E-state index is 13.0. The first kappa shape index (κ1) is 22.2. The van der Waals surface area contributed by atoms with Crippen molar-refractivity contribution in [1.82, 2.24) is 4.90 Å². The maximum atomic E-state index is 13.0. The molecule has 0 radical (unpaired) electrons. The Morgan fingerprint density at radius 1 is 0.962 bits per heavy atom. The Labute approximate surface area is 156 Å². The molecule has 26 heavy (non-hydrogen) atoms. The normalized spacial score (nSPS) is 12.3. The molecule has 1 aromatic rings. The fourth-order valence-electron chi connectivity index (χ4n) is 2.73. The van der Waals surface area contributed by atoms with E-state index in [4.69, 9.17) is 23.7 Å². The van der Waals surface area contributed by atoms with Crippen LogP contribution < -0.4 is 14.2 Å². The topological polar surface area (TPSA) is 66.5 Å². The first-order chi connectivity index (χ1) is 12.5. The highest BCUT2D eigenvalue weighted by Gasteiger charge is 2.32. The lowest BCUT2D eigenvalue weighted by molar-refractivity contribution is -0.143. The van der Waals surface area contributed by atoms with Crippen molar-refractivity contribution in [2.45, 2.75) is 19.9 Å². The SMILES string of the molecule is COCCN(CCOC)[C@@H](C(=O)Oc1c(OC)cccc1OC)C(C)C. The fraction of sp³-hybridized carbons (Fsp3) is 0.632. The molecule has 0 spiro atoms. The van der Waals surface area contributed by atoms with Gasteiger partial charge in [-0.25, -0.2) is 4.79 Å². The quantitative estimate of drug-likeness (QED) is 0.413. The van der Waals surface area contributed by atoms with E-state index in [-0.39, 0.29) is 17.6 Å². The number of ether oxygens (including phenoxy) is 5. The van der Waals surface area contributed by atoms with Gasteiger partial charge in [-0.05, 0) is 18.1 Å². The van der Waals surface area contributed by atoms with E-state index in [0.29, 0.717) is 37.8 Å². The third kappa shape index (κ3) is 6.16. The number of nitrogens with zero attached hydrogens (tertiary/aromatic N) is 1. The summed E-state index contributed by atoms with van der Waals surface area (Å²) in [4.78, 5) is 15.0. The van der Waals surface area contributed by atoms with Crippen LogP contribution in [0.5, 0.6) is 17.2 Å². The van der Waals surface area contributed by atoms with Crippen LogP contribution in [-0.4, -0.2) is 71.7 Å². The van der Waals surface area contributed by atoms with Gasteiger partial charge in [0.1, 0.15) is 6.04 Å². The van der Waals surface area contributed by atoms with Crippen molar-refractivity contribution in [2.75, 3.05) is 54.7 Å². The van der Waals surface area contributed by atoms with Crippen LogP contribution in [0.4, 0.5) is 0 Å². The van der Waals surface area contributed by atoms with Crippen LogP contribution in [0, 0.1) is 5.92 Å². The maximum Gasteiger partial charge on any atom is 0.329 e. The van der Waals surface area contributed by atoms with Crippen molar-refractivity contribution in [3.63, 3.8) is 0 Å². The summed E-state index contributed by atoms with van der Waals surface area (Å²) in [6, 6.07) is 4.78. The Hall–Kier alpha value is -1.83. The van der Waals surface area contributed by atoms with Crippen molar-refractivity contribution in [2.24, 2.45) is 5.92 Å². The molecule has 0 heterocycles. The van der Waals surface area contributed by atoms with Crippen LogP contribution in [0.3, 0.4) is 0 Å². The van der Waals surface area contributed by atoms with Gasteiger partial charge in [-0.3, -0.25) is 4.90 Å². The smallest absolute Gasteiger partial charge is 0.329 e. The molecule has 0 saturated heterocycles. The lowest BCUT2D eigenvalue weighted by Gasteiger charge is -2.32. The Morgan fingerprint density at radius 3 is 1.85 bits per heavy atom. The Bertz CT molecular complexity index is 519. The monoisotopic (exact) mass is 369 g/mol. The average molecular weight is 369 g/mol. The summed E-state index contributed by atoms with van der Waals surface area (Å²) in [5.74, 6) is 0.847. The molecule has 1 aromatic carbocycles. The minimum absolute atomic E-state index is 0.0388. The molecule has 0 saturated carbocycles. The summed E-state index contributed by atoms with van der Waals surface area (Å²) >= 11 is 0. The molecule has 0 aromatic heterocycles. The number of benzene rings is 1. The van der Waals surface area contributed by atoms with Crippen LogP contribution in [-0.2, 0) is 14.3 Å². The minimum atomic E-state index is -0.449. The lowest BCUT2D eigenvalue weighted by Crippen LogP contribution is -2.49. The Balaban J connectivity index is 3.07. The van der Waals surface area contributed by atoms with E-state index in [0.717, 1.165) is 0 Å². The molecule has 0 fully saturated rings. The van der Waals surface area contributed by atoms with Crippen molar-refractivity contribution >= 4 is 5.97 Å². The second-order valence-corrected chi connectivity index (χ2v) is 6.12. The van der Waals surface area contributed by atoms with Crippen LogP contribution in [0.15, 0.2) is 18.2 Å². The summed E-state index contributed by atoms with van der Waals surface area (Å²) in [5.41, 5.74) is 0. The zero-order chi connectivity index (χ0) is 19.5. The largest absolute Gasteiger partial charge is 0.493 e. The summed E-state index contributed by atoms with van der Waals surface area (Å²) in [5, 5.41) is 0. The average Bonchev–Trinajstić information content (AvgIpc) is 2.63. The van der Waals surface area contributed by atoms with E-state index in [2.05, 4.69) is 0 Å². The van der Waals surface area contributed by atoms with Gasteiger partial charge in [0.15, 0.2) is 11.5 Å². The molecule has 0 bridgehead atoms. The number of esters is 1. The number of rotatable bonds is 12. The predicted molar refractivity (Wildman–Crippen MR) is 99.1 cm³/mol. The molecule has 0 amide bonds. The van der Waals surface area contributed by atoms with Gasteiger partial charge < -0.3 is 23.7 Å². The summed E-state index contributed by atoms with van der Waals surface area (Å²) in [7, 11) is 6.32. The predicted octanol–water partition coefficient (Wildman–Crippen LogP) is 2.23. The van der Waals surface area contributed by atoms with Crippen LogP contribution in [0.25, 0.3) is 0 Å². The van der Waals surface area contributed by atoms with E-state index in [9.17, 15) is 4.79 Å². The van der Waals surface area contributed by atoms with Crippen molar-refractivity contribution in [3.8, 4) is 17.2 Å². The Morgan fingerprint density at radius 2 is 1.46 bits per heavy atom. The first-order valence-corrected chi connectivity index (χ1v) is 8.64. The Kier molecular flexibility index (Phi) is 10.0. The van der Waals surface area contributed by atoms with Gasteiger partial charge in [0.2, 0.25) is 5.75 Å². The highest BCUT2D eigenvalue weighted by Crippen LogP contribution is 2.37. The molecule has 0 aliphatic heterocycles. The van der Waals surface area contributed by atoms with Gasteiger partial charge in [-0.2, -0.15) is 0 Å². The van der Waals surface area contributed by atoms with Crippen LogP contribution in [0.2, 0.25) is 0 Å². The van der Waals surface area contributed by atoms with E-state index >= 15 is 0 Å². The second-order valence-electron chi connectivity index (χ2n) is 6.12. The molecule has 0 aliphatic rings. The number of carbonyl (C=O) groups is 1. The molecule has 1 atom stereocenters. The van der Waals surface area contributed by atoms with Crippen molar-refractivity contribution < 1.29 is 28.5 Å². The zero-order valence-corrected chi connectivity index (χ0v) is 16.6. The van der Waals surface area contributed by atoms with Crippen LogP contribution >= 0.6 is 0 Å². The highest BCUT2D eigenvalue weighted by molar-refractivity contribution is 5.80. The number of methoxy groups -OCH3 is 4. The number of para-hydroxylation sites is 1. The molecule has 7 heteroatoms. The third-order valence-corrected chi connectivity index (χ3v) is 4.02. The molecule has 1 rings (SSSR count). The molecule has 7 nitrogen and oxygen atoms in total. The lowest BCUT2D eigenvalue weighted by atomic mass is 10.0. The van der Waals surface area contributed by atoms with Gasteiger partial charge in [0.25, 0.3) is 0 Å². The van der Waals surface area contributed by atoms with Gasteiger partial charge in [0.05, 0.1) is 27.4 Å². The van der Waals surface area contributed by atoms with Gasteiger partial charge in [-0.1, -0.05) is 19.9 Å². The zero-order valence-electron chi connectivity index (χ0n) is 16.6. The molecular formula is C19H31NO6. The van der Waals surface area contributed by atoms with Gasteiger partial charge in [-0.15, -0.1) is 0 Å². The standard InChI is InChI=1S/C19H31NO6/c1-14(2)17(20(10-12-22-3)11-13-23-4)19(21)26-18-15(24-5)8-7-9-16(18)25-6/h7-9,14,17H,10-13H2,1-6H3/t17-/m1/s1. The van der Waals surface area contributed by atoms with Crippen LogP contribution in [0.1, 0.15) is 13.8 Å². The number of hydrogen-bond donors (Lipinski definition) is 0. The third-order valence-electron chi connectivity index (χ3n) is 4.02. The molecule has 0 aliphatic carbocycles.